The van der Waals surface area contributed by atoms with Crippen molar-refractivity contribution >= 4 is 23.2 Å². The van der Waals surface area contributed by atoms with Gasteiger partial charge in [-0.15, -0.1) is 0 Å². The van der Waals surface area contributed by atoms with E-state index in [1.54, 1.807) is 12.4 Å². The lowest BCUT2D eigenvalue weighted by Gasteiger charge is -2.52. The van der Waals surface area contributed by atoms with Gasteiger partial charge in [-0.3, -0.25) is 4.68 Å². The molecule has 2 aromatic heterocycles. The van der Waals surface area contributed by atoms with Crippen molar-refractivity contribution in [3.8, 4) is 0 Å². The molecule has 6 nitrogen and oxygen atoms in total. The monoisotopic (exact) mass is 332 g/mol. The number of halogens is 1. The minimum Gasteiger partial charge on any atom is -0.321 e. The topological polar surface area (TPSA) is 58.9 Å². The number of hydrogen-bond acceptors (Lipinski definition) is 5. The number of likely N-dealkylation sites (tertiary alicyclic amines) is 1. The molecule has 1 aliphatic carbocycles. The largest absolute Gasteiger partial charge is 0.321 e. The Morgan fingerprint density at radius 2 is 1.87 bits per heavy atom. The molecule has 1 saturated carbocycles. The van der Waals surface area contributed by atoms with Gasteiger partial charge in [-0.05, 0) is 38.1 Å². The van der Waals surface area contributed by atoms with E-state index in [2.05, 4.69) is 37.0 Å². The van der Waals surface area contributed by atoms with Crippen LogP contribution in [0.25, 0.3) is 0 Å². The highest BCUT2D eigenvalue weighted by atomic mass is 35.5. The van der Waals surface area contributed by atoms with E-state index in [0.717, 1.165) is 5.69 Å². The molecule has 7 heteroatoms. The molecule has 1 saturated heterocycles. The summed E-state index contributed by atoms with van der Waals surface area (Å²) in [6, 6.07) is 0.508. The van der Waals surface area contributed by atoms with Crippen molar-refractivity contribution in [1.82, 2.24) is 24.6 Å². The molecule has 0 aromatic carbocycles. The van der Waals surface area contributed by atoms with Crippen LogP contribution in [-0.2, 0) is 0 Å². The van der Waals surface area contributed by atoms with Crippen LogP contribution in [0.4, 0.5) is 11.6 Å². The van der Waals surface area contributed by atoms with Gasteiger partial charge in [-0.1, -0.05) is 11.6 Å². The third kappa shape index (κ3) is 3.05. The van der Waals surface area contributed by atoms with Gasteiger partial charge in [-0.25, -0.2) is 9.97 Å². The Kier molecular flexibility index (Phi) is 3.73. The second kappa shape index (κ2) is 5.76. The number of hydrogen-bond donors (Lipinski definition) is 1. The molecule has 2 aromatic rings. The molecule has 1 N–H and O–H groups in total. The van der Waals surface area contributed by atoms with E-state index >= 15 is 0 Å². The first-order chi connectivity index (χ1) is 11.1. The molecule has 4 rings (SSSR count). The predicted octanol–water partition coefficient (Wildman–Crippen LogP) is 3.12. The molecule has 0 unspecified atom stereocenters. The maximum atomic E-state index is 5.80. The molecule has 2 aliphatic rings. The van der Waals surface area contributed by atoms with Crippen LogP contribution in [0.3, 0.4) is 0 Å². The molecular formula is C16H21ClN6. The smallest absolute Gasteiger partial charge is 0.227 e. The van der Waals surface area contributed by atoms with Gasteiger partial charge in [0.15, 0.2) is 0 Å². The second-order valence-corrected chi connectivity index (χ2v) is 7.40. The van der Waals surface area contributed by atoms with Crippen LogP contribution in [0, 0.1) is 5.41 Å². The molecule has 23 heavy (non-hydrogen) atoms. The zero-order valence-corrected chi connectivity index (χ0v) is 14.0. The average molecular weight is 333 g/mol. The Hall–Kier alpha value is -1.66. The van der Waals surface area contributed by atoms with Crippen LogP contribution in [0.1, 0.15) is 31.7 Å². The molecule has 1 spiro atoms. The summed E-state index contributed by atoms with van der Waals surface area (Å²) in [7, 11) is 2.21. The number of nitrogens with one attached hydrogen (secondary N) is 1. The molecule has 0 atom stereocenters. The van der Waals surface area contributed by atoms with Crippen molar-refractivity contribution in [2.45, 2.75) is 31.7 Å². The van der Waals surface area contributed by atoms with Crippen molar-refractivity contribution in [3.63, 3.8) is 0 Å². The Morgan fingerprint density at radius 1 is 1.17 bits per heavy atom. The second-order valence-electron chi connectivity index (χ2n) is 6.96. The van der Waals surface area contributed by atoms with E-state index in [1.165, 1.54) is 38.8 Å². The minimum absolute atomic E-state index is 0.508. The fourth-order valence-electron chi connectivity index (χ4n) is 4.00. The van der Waals surface area contributed by atoms with Crippen LogP contribution in [0.2, 0.25) is 5.02 Å². The van der Waals surface area contributed by atoms with Gasteiger partial charge in [0.05, 0.1) is 35.3 Å². The van der Waals surface area contributed by atoms with E-state index < -0.39 is 0 Å². The Morgan fingerprint density at radius 3 is 2.52 bits per heavy atom. The summed E-state index contributed by atoms with van der Waals surface area (Å²) in [5.74, 6) is 0.536. The first-order valence-corrected chi connectivity index (χ1v) is 8.47. The zero-order valence-electron chi connectivity index (χ0n) is 13.2. The number of anilines is 2. The molecule has 1 aliphatic heterocycles. The third-order valence-corrected chi connectivity index (χ3v) is 5.27. The Balaban J connectivity index is 1.37. The average Bonchev–Trinajstić information content (AvgIpc) is 2.98. The molecule has 0 bridgehead atoms. The van der Waals surface area contributed by atoms with Crippen molar-refractivity contribution in [1.29, 1.82) is 0 Å². The van der Waals surface area contributed by atoms with E-state index in [0.29, 0.717) is 22.4 Å². The van der Waals surface area contributed by atoms with Gasteiger partial charge in [0, 0.05) is 19.3 Å². The van der Waals surface area contributed by atoms with Crippen LogP contribution >= 0.6 is 11.6 Å². The summed E-state index contributed by atoms with van der Waals surface area (Å²) in [6.07, 6.45) is 12.1. The fourth-order valence-corrected chi connectivity index (χ4v) is 4.10. The van der Waals surface area contributed by atoms with Crippen LogP contribution in [-0.4, -0.2) is 44.8 Å². The lowest BCUT2D eigenvalue weighted by molar-refractivity contribution is -0.0205. The van der Waals surface area contributed by atoms with Gasteiger partial charge in [-0.2, -0.15) is 5.10 Å². The van der Waals surface area contributed by atoms with Crippen LogP contribution in [0.5, 0.6) is 0 Å². The number of aromatic nitrogens is 4. The quantitative estimate of drug-likeness (QED) is 0.935. The van der Waals surface area contributed by atoms with Crippen molar-refractivity contribution < 1.29 is 0 Å². The standard InChI is InChI=1S/C16H21ClN6/c1-22-10-16(11-22)4-2-14(3-5-16)23-9-13(8-20-23)21-15-18-6-12(17)7-19-15/h6-9,14H,2-5,10-11H2,1H3,(H,18,19,21). The van der Waals surface area contributed by atoms with Crippen molar-refractivity contribution in [2.24, 2.45) is 5.41 Å². The van der Waals surface area contributed by atoms with Gasteiger partial charge >= 0.3 is 0 Å². The van der Waals surface area contributed by atoms with E-state index in [9.17, 15) is 0 Å². The minimum atomic E-state index is 0.508. The van der Waals surface area contributed by atoms with Crippen LogP contribution in [0.15, 0.2) is 24.8 Å². The van der Waals surface area contributed by atoms with E-state index in [4.69, 9.17) is 11.6 Å². The first kappa shape index (κ1) is 14.9. The summed E-state index contributed by atoms with van der Waals surface area (Å²) >= 11 is 5.80. The number of rotatable bonds is 3. The lowest BCUT2D eigenvalue weighted by atomic mass is 9.67. The zero-order chi connectivity index (χ0) is 15.9. The van der Waals surface area contributed by atoms with E-state index in [-0.39, 0.29) is 0 Å². The highest BCUT2D eigenvalue weighted by Crippen LogP contribution is 2.46. The maximum absolute atomic E-state index is 5.80. The predicted molar refractivity (Wildman–Crippen MR) is 90.0 cm³/mol. The third-order valence-electron chi connectivity index (χ3n) is 5.08. The number of nitrogens with zero attached hydrogens (tertiary/aromatic N) is 5. The SMILES string of the molecule is CN1CC2(CCC(n3cc(Nc4ncc(Cl)cn4)cn3)CC2)C1. The Labute approximate surface area is 140 Å². The Bertz CT molecular complexity index is 666. The normalized spacial score (nSPS) is 21.3. The molecular weight excluding hydrogens is 312 g/mol. The maximum Gasteiger partial charge on any atom is 0.227 e. The molecule has 122 valence electrons. The summed E-state index contributed by atoms with van der Waals surface area (Å²) in [5, 5.41) is 8.22. The molecule has 0 amide bonds. The van der Waals surface area contributed by atoms with Gasteiger partial charge < -0.3 is 10.2 Å². The lowest BCUT2D eigenvalue weighted by Crippen LogP contribution is -2.55. The first-order valence-electron chi connectivity index (χ1n) is 8.09. The van der Waals surface area contributed by atoms with Gasteiger partial charge in [0.1, 0.15) is 0 Å². The van der Waals surface area contributed by atoms with Gasteiger partial charge in [0.2, 0.25) is 5.95 Å². The summed E-state index contributed by atoms with van der Waals surface area (Å²) in [4.78, 5) is 10.7. The summed E-state index contributed by atoms with van der Waals surface area (Å²) in [5.41, 5.74) is 1.51. The van der Waals surface area contributed by atoms with Crippen LogP contribution < -0.4 is 5.32 Å². The fraction of sp³-hybridized carbons (Fsp3) is 0.562. The summed E-state index contributed by atoms with van der Waals surface area (Å²) < 4.78 is 2.09. The summed E-state index contributed by atoms with van der Waals surface area (Å²) in [6.45, 7) is 2.53. The van der Waals surface area contributed by atoms with Gasteiger partial charge in [0.25, 0.3) is 0 Å². The molecule has 3 heterocycles. The van der Waals surface area contributed by atoms with Crippen molar-refractivity contribution in [3.05, 3.63) is 29.8 Å². The molecule has 2 fully saturated rings. The molecule has 0 radical (unpaired) electrons. The highest BCUT2D eigenvalue weighted by Gasteiger charge is 2.43. The highest BCUT2D eigenvalue weighted by molar-refractivity contribution is 6.30. The van der Waals surface area contributed by atoms with E-state index in [1.807, 2.05) is 12.4 Å². The van der Waals surface area contributed by atoms with Crippen molar-refractivity contribution in [2.75, 3.05) is 25.5 Å².